The van der Waals surface area contributed by atoms with Crippen molar-refractivity contribution in [2.75, 3.05) is 6.61 Å². The Labute approximate surface area is 144 Å². The normalized spacial score (nSPS) is 23.2. The number of fused-ring (bicyclic) bond motifs is 3. The minimum Gasteiger partial charge on any atom is -0.481 e. The number of H-pyrrole nitrogens is 1. The molecule has 1 atom stereocenters. The molecule has 2 aliphatic rings. The highest BCUT2D eigenvalue weighted by atomic mass is 16.6. The lowest BCUT2D eigenvalue weighted by Gasteiger charge is -2.46. The molecular formula is C18H20N2O5. The molecule has 1 aliphatic heterocycles. The van der Waals surface area contributed by atoms with Gasteiger partial charge in [0, 0.05) is 6.07 Å². The average molecular weight is 344 g/mol. The first-order valence-corrected chi connectivity index (χ1v) is 8.59. The van der Waals surface area contributed by atoms with E-state index in [0.717, 1.165) is 41.6 Å². The molecule has 0 spiro atoms. The van der Waals surface area contributed by atoms with Crippen LogP contribution in [0.3, 0.4) is 0 Å². The highest BCUT2D eigenvalue weighted by molar-refractivity contribution is 5.95. The number of carboxylic acids is 1. The molecule has 0 bridgehead atoms. The molecule has 132 valence electrons. The SMILES string of the molecule is Cc1ccc([N+](=O)[O-])c2c3c([nH]c12)C(CC(=O)O)(C1CCC1)OCC3. The number of nitrogens with one attached hydrogen (secondary N) is 1. The molecule has 2 N–H and O–H groups in total. The predicted octanol–water partition coefficient (Wildman–Crippen LogP) is 3.43. The molecule has 2 aromatic rings. The van der Waals surface area contributed by atoms with Crippen molar-refractivity contribution >= 4 is 22.6 Å². The fourth-order valence-electron chi connectivity index (χ4n) is 4.36. The fraction of sp³-hybridized carbons (Fsp3) is 0.500. The predicted molar refractivity (Wildman–Crippen MR) is 90.6 cm³/mol. The van der Waals surface area contributed by atoms with Gasteiger partial charge in [-0.05, 0) is 43.2 Å². The smallest absolute Gasteiger partial charge is 0.306 e. The van der Waals surface area contributed by atoms with E-state index in [1.54, 1.807) is 6.07 Å². The number of hydrogen-bond donors (Lipinski definition) is 2. The van der Waals surface area contributed by atoms with Crippen molar-refractivity contribution in [2.24, 2.45) is 5.92 Å². The van der Waals surface area contributed by atoms with Crippen LogP contribution in [-0.2, 0) is 21.6 Å². The molecule has 4 rings (SSSR count). The van der Waals surface area contributed by atoms with Gasteiger partial charge in [-0.25, -0.2) is 0 Å². The summed E-state index contributed by atoms with van der Waals surface area (Å²) in [5.41, 5.74) is 2.38. The summed E-state index contributed by atoms with van der Waals surface area (Å²) >= 11 is 0. The van der Waals surface area contributed by atoms with E-state index in [1.807, 2.05) is 6.92 Å². The first kappa shape index (κ1) is 16.1. The van der Waals surface area contributed by atoms with Crippen LogP contribution in [-0.4, -0.2) is 27.6 Å². The second kappa shape index (κ2) is 5.56. The number of aryl methyl sites for hydroxylation is 1. The Morgan fingerprint density at radius 1 is 1.48 bits per heavy atom. The van der Waals surface area contributed by atoms with Crippen LogP contribution in [0.25, 0.3) is 10.9 Å². The van der Waals surface area contributed by atoms with E-state index >= 15 is 0 Å². The number of aromatic amines is 1. The number of carboxylic acid groups (broad SMARTS) is 1. The number of nitro groups is 1. The summed E-state index contributed by atoms with van der Waals surface area (Å²) in [6, 6.07) is 3.26. The summed E-state index contributed by atoms with van der Waals surface area (Å²) in [5.74, 6) is -0.778. The second-order valence-electron chi connectivity index (χ2n) is 7.07. The third kappa shape index (κ3) is 2.26. The van der Waals surface area contributed by atoms with E-state index in [9.17, 15) is 20.0 Å². The number of aliphatic carboxylic acids is 1. The molecule has 1 unspecified atom stereocenters. The van der Waals surface area contributed by atoms with Gasteiger partial charge in [0.05, 0.1) is 34.5 Å². The number of nitro benzene ring substituents is 1. The molecule has 0 amide bonds. The maximum absolute atomic E-state index is 11.6. The third-order valence-electron chi connectivity index (χ3n) is 5.76. The van der Waals surface area contributed by atoms with Gasteiger partial charge in [-0.3, -0.25) is 14.9 Å². The van der Waals surface area contributed by atoms with Crippen LogP contribution in [0.4, 0.5) is 5.69 Å². The monoisotopic (exact) mass is 344 g/mol. The van der Waals surface area contributed by atoms with Gasteiger partial charge in [-0.15, -0.1) is 0 Å². The molecule has 1 aromatic heterocycles. The van der Waals surface area contributed by atoms with Crippen LogP contribution in [0.15, 0.2) is 12.1 Å². The second-order valence-corrected chi connectivity index (χ2v) is 7.07. The van der Waals surface area contributed by atoms with Crippen LogP contribution in [0, 0.1) is 23.0 Å². The number of non-ortho nitro benzene ring substituents is 1. The standard InChI is InChI=1S/C18H20N2O5/c1-10-5-6-13(20(23)24)15-12-7-8-25-18(9-14(21)22,11-3-2-4-11)17(12)19-16(10)15/h5-6,11,19H,2-4,7-9H2,1H3,(H,21,22). The molecule has 2 heterocycles. The summed E-state index contributed by atoms with van der Waals surface area (Å²) in [4.78, 5) is 26.1. The molecule has 0 saturated heterocycles. The molecule has 7 nitrogen and oxygen atoms in total. The van der Waals surface area contributed by atoms with E-state index in [1.165, 1.54) is 6.07 Å². The first-order chi connectivity index (χ1) is 11.9. The van der Waals surface area contributed by atoms with Crippen molar-refractivity contribution in [1.29, 1.82) is 0 Å². The number of nitrogens with zero attached hydrogens (tertiary/aromatic N) is 1. The Kier molecular flexibility index (Phi) is 3.57. The van der Waals surface area contributed by atoms with Crippen molar-refractivity contribution < 1.29 is 19.6 Å². The van der Waals surface area contributed by atoms with Gasteiger partial charge in [0.2, 0.25) is 0 Å². The van der Waals surface area contributed by atoms with E-state index in [4.69, 9.17) is 4.74 Å². The molecular weight excluding hydrogens is 324 g/mol. The summed E-state index contributed by atoms with van der Waals surface area (Å²) in [7, 11) is 0. The number of rotatable bonds is 4. The van der Waals surface area contributed by atoms with Crippen molar-refractivity contribution in [2.45, 2.75) is 44.6 Å². The maximum Gasteiger partial charge on any atom is 0.306 e. The van der Waals surface area contributed by atoms with Crippen LogP contribution in [0.1, 0.15) is 42.5 Å². The Morgan fingerprint density at radius 2 is 2.24 bits per heavy atom. The van der Waals surface area contributed by atoms with Gasteiger partial charge in [0.25, 0.3) is 5.69 Å². The number of hydrogen-bond acceptors (Lipinski definition) is 4. The van der Waals surface area contributed by atoms with Gasteiger partial charge < -0.3 is 14.8 Å². The largest absolute Gasteiger partial charge is 0.481 e. The van der Waals surface area contributed by atoms with Gasteiger partial charge in [0.15, 0.2) is 0 Å². The minimum atomic E-state index is -0.912. The number of aromatic nitrogens is 1. The van der Waals surface area contributed by atoms with Gasteiger partial charge in [-0.2, -0.15) is 0 Å². The van der Waals surface area contributed by atoms with Crippen LogP contribution in [0.5, 0.6) is 0 Å². The van der Waals surface area contributed by atoms with Crippen molar-refractivity contribution in [3.63, 3.8) is 0 Å². The zero-order valence-corrected chi connectivity index (χ0v) is 14.0. The number of ether oxygens (including phenoxy) is 1. The van der Waals surface area contributed by atoms with Gasteiger partial charge in [0.1, 0.15) is 5.60 Å². The first-order valence-electron chi connectivity index (χ1n) is 8.59. The molecule has 7 heteroatoms. The molecule has 0 radical (unpaired) electrons. The third-order valence-corrected chi connectivity index (χ3v) is 5.76. The Bertz CT molecular complexity index is 883. The lowest BCUT2D eigenvalue weighted by molar-refractivity contribution is -0.383. The van der Waals surface area contributed by atoms with Crippen molar-refractivity contribution in [1.82, 2.24) is 4.98 Å². The Morgan fingerprint density at radius 3 is 2.84 bits per heavy atom. The summed E-state index contributed by atoms with van der Waals surface area (Å²) < 4.78 is 6.09. The summed E-state index contributed by atoms with van der Waals surface area (Å²) in [5, 5.41) is 21.6. The lowest BCUT2D eigenvalue weighted by atomic mass is 9.68. The zero-order chi connectivity index (χ0) is 17.8. The van der Waals surface area contributed by atoms with Gasteiger partial charge >= 0.3 is 5.97 Å². The molecule has 1 fully saturated rings. The average Bonchev–Trinajstić information content (AvgIpc) is 2.87. The maximum atomic E-state index is 11.6. The summed E-state index contributed by atoms with van der Waals surface area (Å²) in [6.45, 7) is 2.28. The van der Waals surface area contributed by atoms with Gasteiger partial charge in [-0.1, -0.05) is 12.5 Å². The van der Waals surface area contributed by atoms with E-state index < -0.39 is 11.6 Å². The number of benzene rings is 1. The lowest BCUT2D eigenvalue weighted by Crippen LogP contribution is -2.46. The van der Waals surface area contributed by atoms with Crippen LogP contribution >= 0.6 is 0 Å². The van der Waals surface area contributed by atoms with Crippen LogP contribution < -0.4 is 0 Å². The van der Waals surface area contributed by atoms with E-state index in [2.05, 4.69) is 4.98 Å². The number of carbonyl (C=O) groups is 1. The van der Waals surface area contributed by atoms with Crippen molar-refractivity contribution in [3.05, 3.63) is 39.1 Å². The molecule has 1 aliphatic carbocycles. The van der Waals surface area contributed by atoms with Crippen molar-refractivity contribution in [3.8, 4) is 0 Å². The summed E-state index contributed by atoms with van der Waals surface area (Å²) in [6.07, 6.45) is 3.33. The molecule has 1 saturated carbocycles. The topological polar surface area (TPSA) is 105 Å². The quantitative estimate of drug-likeness (QED) is 0.653. The fourth-order valence-corrected chi connectivity index (χ4v) is 4.36. The molecule has 1 aromatic carbocycles. The highest BCUT2D eigenvalue weighted by Crippen LogP contribution is 2.52. The Hall–Kier alpha value is -2.41. The highest BCUT2D eigenvalue weighted by Gasteiger charge is 2.50. The van der Waals surface area contributed by atoms with E-state index in [0.29, 0.717) is 18.4 Å². The zero-order valence-electron chi connectivity index (χ0n) is 14.0. The van der Waals surface area contributed by atoms with E-state index in [-0.39, 0.29) is 22.9 Å². The molecule has 25 heavy (non-hydrogen) atoms. The minimum absolute atomic E-state index is 0.0674. The Balaban J connectivity index is 2.01. The van der Waals surface area contributed by atoms with Crippen LogP contribution in [0.2, 0.25) is 0 Å².